The quantitative estimate of drug-likeness (QED) is 0.439. The lowest BCUT2D eigenvalue weighted by molar-refractivity contribution is 0.924. The summed E-state index contributed by atoms with van der Waals surface area (Å²) in [6, 6.07) is 29.4. The molecule has 4 aromatic rings. The zero-order valence-corrected chi connectivity index (χ0v) is 14.7. The van der Waals surface area contributed by atoms with Crippen LogP contribution in [0.15, 0.2) is 97.3 Å². The SMILES string of the molecule is Cn1ccnc1-c1ccccc1/C(=C/c1ccccc1)c1ccccc1. The van der Waals surface area contributed by atoms with Gasteiger partial charge in [0.15, 0.2) is 0 Å². The van der Waals surface area contributed by atoms with Crippen LogP contribution in [-0.4, -0.2) is 9.55 Å². The van der Waals surface area contributed by atoms with Gasteiger partial charge in [-0.2, -0.15) is 0 Å². The van der Waals surface area contributed by atoms with Crippen LogP contribution in [0.25, 0.3) is 23.0 Å². The van der Waals surface area contributed by atoms with Gasteiger partial charge in [0.2, 0.25) is 0 Å². The van der Waals surface area contributed by atoms with Crippen molar-refractivity contribution in [2.75, 3.05) is 0 Å². The Morgan fingerprint density at radius 3 is 2.15 bits per heavy atom. The topological polar surface area (TPSA) is 17.8 Å². The highest BCUT2D eigenvalue weighted by Crippen LogP contribution is 2.33. The van der Waals surface area contributed by atoms with Gasteiger partial charge in [0.25, 0.3) is 0 Å². The van der Waals surface area contributed by atoms with Crippen molar-refractivity contribution in [3.05, 3.63) is 114 Å². The first-order chi connectivity index (χ1) is 12.8. The van der Waals surface area contributed by atoms with Crippen LogP contribution in [0.5, 0.6) is 0 Å². The van der Waals surface area contributed by atoms with Gasteiger partial charge in [0.1, 0.15) is 5.82 Å². The molecule has 0 aliphatic carbocycles. The zero-order valence-electron chi connectivity index (χ0n) is 14.7. The molecule has 0 saturated heterocycles. The maximum atomic E-state index is 4.57. The molecule has 0 fully saturated rings. The van der Waals surface area contributed by atoms with Gasteiger partial charge in [-0.15, -0.1) is 0 Å². The summed E-state index contributed by atoms with van der Waals surface area (Å²) in [7, 11) is 2.03. The van der Waals surface area contributed by atoms with Crippen LogP contribution < -0.4 is 0 Å². The van der Waals surface area contributed by atoms with Gasteiger partial charge in [0, 0.05) is 25.0 Å². The van der Waals surface area contributed by atoms with Gasteiger partial charge in [-0.1, -0.05) is 84.9 Å². The molecule has 0 aliphatic heterocycles. The fourth-order valence-corrected chi connectivity index (χ4v) is 3.19. The molecule has 2 nitrogen and oxygen atoms in total. The van der Waals surface area contributed by atoms with E-state index in [-0.39, 0.29) is 0 Å². The molecule has 1 aromatic heterocycles. The van der Waals surface area contributed by atoms with E-state index in [0.29, 0.717) is 0 Å². The average Bonchev–Trinajstić information content (AvgIpc) is 3.13. The minimum absolute atomic E-state index is 0.968. The van der Waals surface area contributed by atoms with E-state index in [9.17, 15) is 0 Å². The highest BCUT2D eigenvalue weighted by molar-refractivity contribution is 5.95. The van der Waals surface area contributed by atoms with Crippen molar-refractivity contribution >= 4 is 11.6 Å². The smallest absolute Gasteiger partial charge is 0.140 e. The zero-order chi connectivity index (χ0) is 17.8. The van der Waals surface area contributed by atoms with Crippen molar-refractivity contribution in [1.82, 2.24) is 9.55 Å². The van der Waals surface area contributed by atoms with Crippen LogP contribution in [0.2, 0.25) is 0 Å². The maximum absolute atomic E-state index is 4.57. The van der Waals surface area contributed by atoms with Gasteiger partial charge in [-0.3, -0.25) is 0 Å². The Balaban J connectivity index is 1.94. The summed E-state index contributed by atoms with van der Waals surface area (Å²) in [6.07, 6.45) is 6.07. The van der Waals surface area contributed by atoms with Crippen LogP contribution in [0.4, 0.5) is 0 Å². The number of aromatic nitrogens is 2. The van der Waals surface area contributed by atoms with Crippen molar-refractivity contribution < 1.29 is 0 Å². The van der Waals surface area contributed by atoms with E-state index in [0.717, 1.165) is 11.4 Å². The van der Waals surface area contributed by atoms with Gasteiger partial charge in [-0.05, 0) is 28.3 Å². The third kappa shape index (κ3) is 3.22. The Kier molecular flexibility index (Phi) is 4.48. The summed E-state index contributed by atoms with van der Waals surface area (Å²) < 4.78 is 2.06. The second-order valence-electron chi connectivity index (χ2n) is 6.24. The molecule has 2 heteroatoms. The third-order valence-electron chi connectivity index (χ3n) is 4.47. The van der Waals surface area contributed by atoms with Crippen LogP contribution in [-0.2, 0) is 7.05 Å². The first-order valence-electron chi connectivity index (χ1n) is 8.72. The molecule has 3 aromatic carbocycles. The summed E-state index contributed by atoms with van der Waals surface area (Å²) in [6.45, 7) is 0. The van der Waals surface area contributed by atoms with Gasteiger partial charge >= 0.3 is 0 Å². The van der Waals surface area contributed by atoms with E-state index >= 15 is 0 Å². The van der Waals surface area contributed by atoms with Crippen molar-refractivity contribution in [3.8, 4) is 11.4 Å². The summed E-state index contributed by atoms with van der Waals surface area (Å²) >= 11 is 0. The predicted molar refractivity (Wildman–Crippen MR) is 109 cm³/mol. The molecular weight excluding hydrogens is 316 g/mol. The molecule has 0 aliphatic rings. The number of hydrogen-bond acceptors (Lipinski definition) is 1. The standard InChI is InChI=1S/C24H20N2/c1-26-17-16-25-24(26)22-15-9-8-14-21(22)23(20-12-6-3-7-13-20)18-19-10-4-2-5-11-19/h2-18H,1H3/b23-18+. The molecule has 0 atom stereocenters. The number of benzene rings is 3. The Morgan fingerprint density at radius 1 is 0.808 bits per heavy atom. The monoisotopic (exact) mass is 336 g/mol. The summed E-state index contributed by atoms with van der Waals surface area (Å²) in [5.74, 6) is 0.968. The van der Waals surface area contributed by atoms with Crippen LogP contribution in [0, 0.1) is 0 Å². The summed E-state index contributed by atoms with van der Waals surface area (Å²) in [5.41, 5.74) is 5.87. The fourth-order valence-electron chi connectivity index (χ4n) is 3.19. The molecule has 0 amide bonds. The number of imidazole rings is 1. The molecule has 0 bridgehead atoms. The average molecular weight is 336 g/mol. The second kappa shape index (κ2) is 7.24. The molecular formula is C24H20N2. The number of rotatable bonds is 4. The Labute approximate surface area is 154 Å². The largest absolute Gasteiger partial charge is 0.334 e. The highest BCUT2D eigenvalue weighted by Gasteiger charge is 2.14. The third-order valence-corrected chi connectivity index (χ3v) is 4.47. The van der Waals surface area contributed by atoms with Crippen LogP contribution >= 0.6 is 0 Å². The van der Waals surface area contributed by atoms with Crippen LogP contribution in [0.1, 0.15) is 16.7 Å². The first-order valence-corrected chi connectivity index (χ1v) is 8.72. The van der Waals surface area contributed by atoms with E-state index in [1.54, 1.807) is 0 Å². The molecule has 0 unspecified atom stereocenters. The van der Waals surface area contributed by atoms with Crippen molar-refractivity contribution in [3.63, 3.8) is 0 Å². The highest BCUT2D eigenvalue weighted by atomic mass is 15.0. The predicted octanol–water partition coefficient (Wildman–Crippen LogP) is 5.68. The Morgan fingerprint density at radius 2 is 1.46 bits per heavy atom. The number of aryl methyl sites for hydroxylation is 1. The van der Waals surface area contributed by atoms with E-state index < -0.39 is 0 Å². The molecule has 26 heavy (non-hydrogen) atoms. The van der Waals surface area contributed by atoms with Crippen molar-refractivity contribution in [2.45, 2.75) is 0 Å². The molecule has 126 valence electrons. The fraction of sp³-hybridized carbons (Fsp3) is 0.0417. The number of hydrogen-bond donors (Lipinski definition) is 0. The van der Waals surface area contributed by atoms with E-state index in [2.05, 4.69) is 88.4 Å². The Hall–Kier alpha value is -3.39. The molecule has 1 heterocycles. The minimum atomic E-state index is 0.968. The van der Waals surface area contributed by atoms with E-state index in [1.165, 1.54) is 22.3 Å². The lowest BCUT2D eigenvalue weighted by Gasteiger charge is -2.14. The van der Waals surface area contributed by atoms with E-state index in [4.69, 9.17) is 0 Å². The van der Waals surface area contributed by atoms with Crippen molar-refractivity contribution in [1.29, 1.82) is 0 Å². The minimum Gasteiger partial charge on any atom is -0.334 e. The first kappa shape index (κ1) is 16.1. The maximum Gasteiger partial charge on any atom is 0.140 e. The van der Waals surface area contributed by atoms with Crippen LogP contribution in [0.3, 0.4) is 0 Å². The lowest BCUT2D eigenvalue weighted by Crippen LogP contribution is -1.97. The summed E-state index contributed by atoms with van der Waals surface area (Å²) in [4.78, 5) is 4.57. The van der Waals surface area contributed by atoms with Gasteiger partial charge < -0.3 is 4.57 Å². The molecule has 4 rings (SSSR count). The van der Waals surface area contributed by atoms with Gasteiger partial charge in [-0.25, -0.2) is 4.98 Å². The normalized spacial score (nSPS) is 11.5. The summed E-state index contributed by atoms with van der Waals surface area (Å²) in [5, 5.41) is 0. The molecule has 0 N–H and O–H groups in total. The van der Waals surface area contributed by atoms with E-state index in [1.807, 2.05) is 31.6 Å². The van der Waals surface area contributed by atoms with Crippen molar-refractivity contribution in [2.24, 2.45) is 7.05 Å². The number of nitrogens with zero attached hydrogens (tertiary/aromatic N) is 2. The lowest BCUT2D eigenvalue weighted by atomic mass is 9.92. The Bertz CT molecular complexity index is 1030. The van der Waals surface area contributed by atoms with Gasteiger partial charge in [0.05, 0.1) is 0 Å². The molecule has 0 radical (unpaired) electrons. The molecule has 0 saturated carbocycles. The molecule has 0 spiro atoms. The second-order valence-corrected chi connectivity index (χ2v) is 6.24.